The minimum absolute atomic E-state index is 0.335. The third-order valence-corrected chi connectivity index (χ3v) is 4.03. The number of aromatic nitrogens is 2. The molecule has 0 unspecified atom stereocenters. The summed E-state index contributed by atoms with van der Waals surface area (Å²) >= 11 is 7.74. The number of anilines is 1. The topological polar surface area (TPSA) is 29.0 Å². The first-order valence-corrected chi connectivity index (χ1v) is 7.28. The Labute approximate surface area is 115 Å². The van der Waals surface area contributed by atoms with Gasteiger partial charge in [-0.25, -0.2) is 9.97 Å². The molecule has 18 heavy (non-hydrogen) atoms. The number of hydrogen-bond donors (Lipinski definition) is 0. The average molecular weight is 280 g/mol. The van der Waals surface area contributed by atoms with Crippen LogP contribution < -0.4 is 4.90 Å². The van der Waals surface area contributed by atoms with Gasteiger partial charge in [-0.2, -0.15) is 0 Å². The predicted molar refractivity (Wildman–Crippen MR) is 75.3 cm³/mol. The zero-order valence-electron chi connectivity index (χ0n) is 10.1. The van der Waals surface area contributed by atoms with Crippen molar-refractivity contribution in [2.75, 3.05) is 4.90 Å². The Hall–Kier alpha value is -1.13. The molecule has 2 aromatic heterocycles. The zero-order chi connectivity index (χ0) is 12.5. The van der Waals surface area contributed by atoms with Gasteiger partial charge in [0.15, 0.2) is 0 Å². The molecule has 0 aliphatic heterocycles. The molecule has 0 radical (unpaired) electrons. The Morgan fingerprint density at radius 2 is 2.28 bits per heavy atom. The molecule has 2 heterocycles. The first-order valence-electron chi connectivity index (χ1n) is 6.02. The lowest BCUT2D eigenvalue weighted by Gasteiger charge is -2.23. The minimum atomic E-state index is 0.335. The summed E-state index contributed by atoms with van der Waals surface area (Å²) in [6.07, 6.45) is 2.48. The molecule has 1 aliphatic carbocycles. The molecule has 3 rings (SSSR count). The number of thiophene rings is 1. The van der Waals surface area contributed by atoms with Crippen molar-refractivity contribution in [2.24, 2.45) is 0 Å². The minimum Gasteiger partial charge on any atom is -0.348 e. The monoisotopic (exact) mass is 279 g/mol. The summed E-state index contributed by atoms with van der Waals surface area (Å²) in [7, 11) is 0. The van der Waals surface area contributed by atoms with Gasteiger partial charge in [0.1, 0.15) is 5.82 Å². The molecule has 1 saturated carbocycles. The normalized spacial score (nSPS) is 14.8. The highest BCUT2D eigenvalue weighted by atomic mass is 35.5. The lowest BCUT2D eigenvalue weighted by Crippen LogP contribution is -2.25. The Morgan fingerprint density at radius 1 is 1.44 bits per heavy atom. The quantitative estimate of drug-likeness (QED) is 0.800. The Morgan fingerprint density at radius 3 is 2.89 bits per heavy atom. The fourth-order valence-corrected chi connectivity index (χ4v) is 2.94. The lowest BCUT2D eigenvalue weighted by molar-refractivity contribution is 0.781. The second kappa shape index (κ2) is 4.86. The molecule has 2 aromatic rings. The van der Waals surface area contributed by atoms with Crippen molar-refractivity contribution < 1.29 is 0 Å². The Kier molecular flexibility index (Phi) is 3.22. The summed E-state index contributed by atoms with van der Waals surface area (Å²) in [4.78, 5) is 12.2. The van der Waals surface area contributed by atoms with E-state index in [9.17, 15) is 0 Å². The third kappa shape index (κ3) is 2.65. The Bertz CT molecular complexity index is 517. The summed E-state index contributed by atoms with van der Waals surface area (Å²) in [6, 6.07) is 6.87. The van der Waals surface area contributed by atoms with E-state index in [1.165, 1.54) is 17.7 Å². The van der Waals surface area contributed by atoms with Crippen molar-refractivity contribution in [3.05, 3.63) is 39.4 Å². The van der Waals surface area contributed by atoms with Crippen LogP contribution in [0, 0.1) is 6.92 Å². The summed E-state index contributed by atoms with van der Waals surface area (Å²) in [5.41, 5.74) is 0.918. The summed E-state index contributed by atoms with van der Waals surface area (Å²) in [5, 5.41) is 2.44. The molecule has 0 aromatic carbocycles. The van der Waals surface area contributed by atoms with Gasteiger partial charge in [0.25, 0.3) is 0 Å². The maximum absolute atomic E-state index is 5.95. The summed E-state index contributed by atoms with van der Waals surface area (Å²) in [5.74, 6) is 0.948. The average Bonchev–Trinajstić information content (AvgIpc) is 3.02. The van der Waals surface area contributed by atoms with E-state index in [-0.39, 0.29) is 0 Å². The van der Waals surface area contributed by atoms with E-state index in [4.69, 9.17) is 11.6 Å². The van der Waals surface area contributed by atoms with Crippen LogP contribution in [0.4, 0.5) is 5.82 Å². The van der Waals surface area contributed by atoms with Crippen LogP contribution in [0.1, 0.15) is 23.4 Å². The number of nitrogens with zero attached hydrogens (tertiary/aromatic N) is 3. The second-order valence-corrected chi connectivity index (χ2v) is 5.95. The first-order chi connectivity index (χ1) is 8.72. The van der Waals surface area contributed by atoms with Crippen LogP contribution in [0.15, 0.2) is 23.6 Å². The van der Waals surface area contributed by atoms with Gasteiger partial charge in [-0.3, -0.25) is 0 Å². The van der Waals surface area contributed by atoms with Gasteiger partial charge in [-0.15, -0.1) is 11.3 Å². The van der Waals surface area contributed by atoms with E-state index >= 15 is 0 Å². The van der Waals surface area contributed by atoms with Gasteiger partial charge in [0.2, 0.25) is 5.28 Å². The van der Waals surface area contributed by atoms with Gasteiger partial charge >= 0.3 is 0 Å². The molecular weight excluding hydrogens is 266 g/mol. The van der Waals surface area contributed by atoms with Crippen LogP contribution in [-0.2, 0) is 6.54 Å². The number of halogens is 1. The molecule has 1 aliphatic rings. The van der Waals surface area contributed by atoms with Crippen LogP contribution in [0.2, 0.25) is 5.28 Å². The molecule has 5 heteroatoms. The van der Waals surface area contributed by atoms with E-state index in [2.05, 4.69) is 32.4 Å². The molecule has 0 saturated heterocycles. The van der Waals surface area contributed by atoms with Crippen LogP contribution >= 0.6 is 22.9 Å². The van der Waals surface area contributed by atoms with Crippen LogP contribution in [0.5, 0.6) is 0 Å². The van der Waals surface area contributed by atoms with Gasteiger partial charge < -0.3 is 4.90 Å². The Balaban J connectivity index is 1.89. The maximum atomic E-state index is 5.95. The standard InChI is InChI=1S/C13H14ClN3S/c1-9-7-12(16-13(14)15-9)17(10-4-5-10)8-11-3-2-6-18-11/h2-3,6-7,10H,4-5,8H2,1H3. The van der Waals surface area contributed by atoms with Crippen molar-refractivity contribution in [1.82, 2.24) is 9.97 Å². The first kappa shape index (κ1) is 11.9. The predicted octanol–water partition coefficient (Wildman–Crippen LogP) is 3.67. The van der Waals surface area contributed by atoms with E-state index in [1.807, 2.05) is 13.0 Å². The molecule has 0 amide bonds. The number of hydrogen-bond acceptors (Lipinski definition) is 4. The molecule has 0 atom stereocenters. The molecule has 0 spiro atoms. The summed E-state index contributed by atoms with van der Waals surface area (Å²) < 4.78 is 0. The van der Waals surface area contributed by atoms with Gasteiger partial charge in [-0.05, 0) is 42.8 Å². The molecule has 0 bridgehead atoms. The number of aryl methyl sites for hydroxylation is 1. The smallest absolute Gasteiger partial charge is 0.224 e. The highest BCUT2D eigenvalue weighted by molar-refractivity contribution is 7.09. The van der Waals surface area contributed by atoms with Crippen molar-refractivity contribution in [3.8, 4) is 0 Å². The SMILES string of the molecule is Cc1cc(N(Cc2cccs2)C2CC2)nc(Cl)n1. The van der Waals surface area contributed by atoms with Crippen molar-refractivity contribution in [1.29, 1.82) is 0 Å². The van der Waals surface area contributed by atoms with Crippen LogP contribution in [0.25, 0.3) is 0 Å². The zero-order valence-corrected chi connectivity index (χ0v) is 11.7. The van der Waals surface area contributed by atoms with Gasteiger partial charge in [0.05, 0.1) is 6.54 Å². The van der Waals surface area contributed by atoms with Gasteiger partial charge in [-0.1, -0.05) is 6.07 Å². The van der Waals surface area contributed by atoms with E-state index < -0.39 is 0 Å². The largest absolute Gasteiger partial charge is 0.348 e. The molecule has 3 nitrogen and oxygen atoms in total. The van der Waals surface area contributed by atoms with Crippen molar-refractivity contribution >= 4 is 28.8 Å². The van der Waals surface area contributed by atoms with E-state index in [0.29, 0.717) is 11.3 Å². The summed E-state index contributed by atoms with van der Waals surface area (Å²) in [6.45, 7) is 2.86. The van der Waals surface area contributed by atoms with Crippen molar-refractivity contribution in [2.45, 2.75) is 32.4 Å². The fourth-order valence-electron chi connectivity index (χ4n) is 2.02. The van der Waals surface area contributed by atoms with Crippen LogP contribution in [-0.4, -0.2) is 16.0 Å². The molecule has 94 valence electrons. The van der Waals surface area contributed by atoms with E-state index in [1.54, 1.807) is 11.3 Å². The molecular formula is C13H14ClN3S. The highest BCUT2D eigenvalue weighted by Crippen LogP contribution is 2.33. The number of rotatable bonds is 4. The fraction of sp³-hybridized carbons (Fsp3) is 0.385. The van der Waals surface area contributed by atoms with Gasteiger partial charge in [0, 0.05) is 22.7 Å². The molecule has 0 N–H and O–H groups in total. The maximum Gasteiger partial charge on any atom is 0.224 e. The second-order valence-electron chi connectivity index (χ2n) is 4.57. The van der Waals surface area contributed by atoms with Crippen molar-refractivity contribution in [3.63, 3.8) is 0 Å². The third-order valence-electron chi connectivity index (χ3n) is 3.00. The van der Waals surface area contributed by atoms with Crippen LogP contribution in [0.3, 0.4) is 0 Å². The molecule has 1 fully saturated rings. The van der Waals surface area contributed by atoms with E-state index in [0.717, 1.165) is 18.1 Å². The highest BCUT2D eigenvalue weighted by Gasteiger charge is 2.30. The lowest BCUT2D eigenvalue weighted by atomic mass is 10.3.